The Balaban J connectivity index is 1.41. The van der Waals surface area contributed by atoms with Crippen molar-refractivity contribution in [2.45, 2.75) is 25.0 Å². The van der Waals surface area contributed by atoms with Gasteiger partial charge < -0.3 is 15.4 Å². The monoisotopic (exact) mass is 372 g/mol. The Morgan fingerprint density at radius 1 is 0.885 bits per heavy atom. The zero-order valence-electron chi connectivity index (χ0n) is 14.3. The van der Waals surface area contributed by atoms with Gasteiger partial charge in [-0.25, -0.2) is 0 Å². The summed E-state index contributed by atoms with van der Waals surface area (Å²) in [4.78, 5) is 24.2. The highest BCUT2D eigenvalue weighted by atomic mass is 35.5. The molecule has 2 N–H and O–H groups in total. The van der Waals surface area contributed by atoms with Gasteiger partial charge in [0.05, 0.1) is 22.8 Å². The second-order valence-corrected chi connectivity index (χ2v) is 6.63. The molecule has 0 aliphatic carbocycles. The summed E-state index contributed by atoms with van der Waals surface area (Å²) in [5.41, 5.74) is 1.09. The zero-order chi connectivity index (χ0) is 18.4. The lowest BCUT2D eigenvalue weighted by Gasteiger charge is -2.15. The quantitative estimate of drug-likeness (QED) is 0.819. The molecule has 1 fully saturated rings. The molecule has 26 heavy (non-hydrogen) atoms. The molecule has 0 saturated carbocycles. The van der Waals surface area contributed by atoms with E-state index in [1.165, 1.54) is 0 Å². The van der Waals surface area contributed by atoms with E-state index < -0.39 is 0 Å². The predicted octanol–water partition coefficient (Wildman–Crippen LogP) is 3.05. The maximum absolute atomic E-state index is 12.2. The van der Waals surface area contributed by atoms with Gasteiger partial charge >= 0.3 is 0 Å². The third kappa shape index (κ3) is 4.84. The molecule has 6 heteroatoms. The van der Waals surface area contributed by atoms with Crippen molar-refractivity contribution in [1.29, 1.82) is 0 Å². The number of hydrogen-bond acceptors (Lipinski definition) is 3. The second-order valence-electron chi connectivity index (χ2n) is 6.22. The summed E-state index contributed by atoms with van der Waals surface area (Å²) in [5.74, 6) is -0.315. The highest BCUT2D eigenvalue weighted by molar-refractivity contribution is 6.33. The van der Waals surface area contributed by atoms with Crippen molar-refractivity contribution in [3.8, 4) is 0 Å². The van der Waals surface area contributed by atoms with Gasteiger partial charge in [0.25, 0.3) is 11.8 Å². The van der Waals surface area contributed by atoms with Crippen LogP contribution < -0.4 is 10.6 Å². The molecule has 2 aromatic rings. The van der Waals surface area contributed by atoms with Crippen molar-refractivity contribution in [2.75, 3.05) is 13.1 Å². The lowest BCUT2D eigenvalue weighted by molar-refractivity contribution is 0.0432. The van der Waals surface area contributed by atoms with Crippen LogP contribution in [0.25, 0.3) is 0 Å². The van der Waals surface area contributed by atoms with E-state index in [4.69, 9.17) is 16.3 Å². The van der Waals surface area contributed by atoms with Crippen molar-refractivity contribution < 1.29 is 14.3 Å². The van der Waals surface area contributed by atoms with Crippen LogP contribution >= 0.6 is 11.6 Å². The Morgan fingerprint density at radius 3 is 2.12 bits per heavy atom. The highest BCUT2D eigenvalue weighted by Crippen LogP contribution is 2.19. The summed E-state index contributed by atoms with van der Waals surface area (Å²) in [6.07, 6.45) is 1.60. The number of benzene rings is 2. The minimum Gasteiger partial charge on any atom is -0.371 e. The summed E-state index contributed by atoms with van der Waals surface area (Å²) in [7, 11) is 0. The Bertz CT molecular complexity index is 767. The summed E-state index contributed by atoms with van der Waals surface area (Å²) in [6.45, 7) is 0.885. The van der Waals surface area contributed by atoms with Crippen LogP contribution in [0.3, 0.4) is 0 Å². The molecule has 1 aliphatic heterocycles. The number of halogens is 1. The van der Waals surface area contributed by atoms with Gasteiger partial charge in [0.2, 0.25) is 0 Å². The van der Waals surface area contributed by atoms with Crippen LogP contribution in [0.4, 0.5) is 0 Å². The number of carbonyl (C=O) groups is 2. The largest absolute Gasteiger partial charge is 0.371 e. The Labute approximate surface area is 157 Å². The molecule has 1 aliphatic rings. The summed E-state index contributed by atoms with van der Waals surface area (Å²) in [6, 6.07) is 16.0. The molecule has 2 aromatic carbocycles. The Morgan fingerprint density at radius 2 is 1.46 bits per heavy atom. The molecule has 0 unspecified atom stereocenters. The topological polar surface area (TPSA) is 67.4 Å². The molecular formula is C20H21ClN2O3. The molecule has 0 aromatic heterocycles. The normalized spacial score (nSPS) is 19.1. The van der Waals surface area contributed by atoms with Crippen LogP contribution in [0.2, 0.25) is 5.02 Å². The minimum atomic E-state index is -0.208. The molecule has 1 saturated heterocycles. The van der Waals surface area contributed by atoms with Crippen LogP contribution in [-0.2, 0) is 4.74 Å². The molecule has 5 nitrogen and oxygen atoms in total. The van der Waals surface area contributed by atoms with Crippen LogP contribution in [0.15, 0.2) is 54.6 Å². The van der Waals surface area contributed by atoms with Gasteiger partial charge in [-0.2, -0.15) is 0 Å². The SMILES string of the molecule is O=C(NC[C@H]1CC[C@@H](CNC(=O)c2ccccc2Cl)O1)c1ccccc1. The third-order valence-corrected chi connectivity index (χ3v) is 4.66. The van der Waals surface area contributed by atoms with Gasteiger partial charge in [0, 0.05) is 18.7 Å². The number of carbonyl (C=O) groups excluding carboxylic acids is 2. The van der Waals surface area contributed by atoms with E-state index in [9.17, 15) is 9.59 Å². The lowest BCUT2D eigenvalue weighted by atomic mass is 10.1. The van der Waals surface area contributed by atoms with Crippen LogP contribution in [0.5, 0.6) is 0 Å². The average Bonchev–Trinajstić information content (AvgIpc) is 3.13. The first-order valence-corrected chi connectivity index (χ1v) is 9.02. The first kappa shape index (κ1) is 18.4. The average molecular weight is 373 g/mol. The number of ether oxygens (including phenoxy) is 1. The molecule has 136 valence electrons. The van der Waals surface area contributed by atoms with Crippen molar-refractivity contribution >= 4 is 23.4 Å². The first-order valence-electron chi connectivity index (χ1n) is 8.65. The Hall–Kier alpha value is -2.37. The number of amides is 2. The third-order valence-electron chi connectivity index (χ3n) is 4.33. The van der Waals surface area contributed by atoms with Crippen molar-refractivity contribution in [2.24, 2.45) is 0 Å². The van der Waals surface area contributed by atoms with E-state index in [-0.39, 0.29) is 24.0 Å². The summed E-state index contributed by atoms with van der Waals surface area (Å²) >= 11 is 6.03. The number of rotatable bonds is 6. The molecular weight excluding hydrogens is 352 g/mol. The first-order chi connectivity index (χ1) is 12.6. The van der Waals surface area contributed by atoms with E-state index in [2.05, 4.69) is 10.6 Å². The maximum atomic E-state index is 12.2. The zero-order valence-corrected chi connectivity index (χ0v) is 15.0. The van der Waals surface area contributed by atoms with Crippen LogP contribution in [0, 0.1) is 0 Å². The van der Waals surface area contributed by atoms with Crippen LogP contribution in [0.1, 0.15) is 33.6 Å². The fraction of sp³-hybridized carbons (Fsp3) is 0.300. The van der Waals surface area contributed by atoms with Crippen LogP contribution in [-0.4, -0.2) is 37.1 Å². The number of hydrogen-bond donors (Lipinski definition) is 2. The standard InChI is InChI=1S/C20H21ClN2O3/c21-18-9-5-4-8-17(18)20(25)23-13-16-11-10-15(26-16)12-22-19(24)14-6-2-1-3-7-14/h1-9,15-16H,10-13H2,(H,22,24)(H,23,25)/t15-,16+/m1/s1. The van der Waals surface area contributed by atoms with Gasteiger partial charge in [0.1, 0.15) is 0 Å². The molecule has 0 radical (unpaired) electrons. The van der Waals surface area contributed by atoms with Gasteiger partial charge in [-0.1, -0.05) is 41.9 Å². The summed E-state index contributed by atoms with van der Waals surface area (Å²) < 4.78 is 5.90. The van der Waals surface area contributed by atoms with Crippen molar-refractivity contribution in [1.82, 2.24) is 10.6 Å². The predicted molar refractivity (Wildman–Crippen MR) is 100 cm³/mol. The molecule has 0 bridgehead atoms. The lowest BCUT2D eigenvalue weighted by Crippen LogP contribution is -2.35. The van der Waals surface area contributed by atoms with E-state index in [0.717, 1.165) is 12.8 Å². The highest BCUT2D eigenvalue weighted by Gasteiger charge is 2.26. The van der Waals surface area contributed by atoms with Crippen molar-refractivity contribution in [3.05, 3.63) is 70.7 Å². The number of nitrogens with one attached hydrogen (secondary N) is 2. The van der Waals surface area contributed by atoms with E-state index in [0.29, 0.717) is 29.2 Å². The summed E-state index contributed by atoms with van der Waals surface area (Å²) in [5, 5.41) is 6.18. The van der Waals surface area contributed by atoms with Crippen molar-refractivity contribution in [3.63, 3.8) is 0 Å². The van der Waals surface area contributed by atoms with Gasteiger partial charge in [-0.15, -0.1) is 0 Å². The molecule has 1 heterocycles. The van der Waals surface area contributed by atoms with E-state index in [1.807, 2.05) is 18.2 Å². The van der Waals surface area contributed by atoms with Gasteiger partial charge in [-0.3, -0.25) is 9.59 Å². The fourth-order valence-corrected chi connectivity index (χ4v) is 3.15. The minimum absolute atomic E-state index is 0.0372. The maximum Gasteiger partial charge on any atom is 0.252 e. The van der Waals surface area contributed by atoms with Gasteiger partial charge in [0.15, 0.2) is 0 Å². The Kier molecular flexibility index (Phi) is 6.26. The second kappa shape index (κ2) is 8.83. The molecule has 3 rings (SSSR count). The molecule has 0 spiro atoms. The van der Waals surface area contributed by atoms with E-state index >= 15 is 0 Å². The smallest absolute Gasteiger partial charge is 0.252 e. The molecule has 2 amide bonds. The van der Waals surface area contributed by atoms with Gasteiger partial charge in [-0.05, 0) is 37.1 Å². The fourth-order valence-electron chi connectivity index (χ4n) is 2.93. The van der Waals surface area contributed by atoms with E-state index in [1.54, 1.807) is 36.4 Å². The molecule has 2 atom stereocenters.